The fourth-order valence-electron chi connectivity index (χ4n) is 5.07. The Morgan fingerprint density at radius 1 is 0.861 bits per heavy atom. The second-order valence-corrected chi connectivity index (χ2v) is 9.70. The molecule has 184 valence electrons. The van der Waals surface area contributed by atoms with Gasteiger partial charge in [-0.2, -0.15) is 0 Å². The Morgan fingerprint density at radius 2 is 1.61 bits per heavy atom. The molecule has 1 unspecified atom stereocenters. The minimum atomic E-state index is 0.207. The Bertz CT molecular complexity index is 1370. The largest absolute Gasteiger partial charge is 0.361 e. The van der Waals surface area contributed by atoms with Gasteiger partial charge in [0.05, 0.1) is 11.9 Å². The van der Waals surface area contributed by atoms with Gasteiger partial charge < -0.3 is 9.55 Å². The highest BCUT2D eigenvalue weighted by atomic mass is 15.2. The molecule has 4 heteroatoms. The molecule has 4 nitrogen and oxygen atoms in total. The van der Waals surface area contributed by atoms with Crippen LogP contribution in [0.4, 0.5) is 0 Å². The van der Waals surface area contributed by atoms with Crippen molar-refractivity contribution in [3.05, 3.63) is 114 Å². The van der Waals surface area contributed by atoms with E-state index in [-0.39, 0.29) is 6.04 Å². The predicted molar refractivity (Wildman–Crippen MR) is 150 cm³/mol. The van der Waals surface area contributed by atoms with Gasteiger partial charge in [-0.1, -0.05) is 86.5 Å². The third-order valence-corrected chi connectivity index (χ3v) is 7.11. The smallest absolute Gasteiger partial charge is 0.140 e. The molecule has 5 rings (SSSR count). The zero-order valence-corrected chi connectivity index (χ0v) is 21.4. The summed E-state index contributed by atoms with van der Waals surface area (Å²) in [5, 5.41) is 1.26. The first-order chi connectivity index (χ1) is 17.7. The molecule has 0 bridgehead atoms. The minimum absolute atomic E-state index is 0.207. The average Bonchev–Trinajstić information content (AvgIpc) is 3.56. The van der Waals surface area contributed by atoms with Gasteiger partial charge in [0.1, 0.15) is 5.82 Å². The van der Waals surface area contributed by atoms with Gasteiger partial charge in [0, 0.05) is 43.0 Å². The van der Waals surface area contributed by atoms with E-state index in [1.54, 1.807) is 0 Å². The van der Waals surface area contributed by atoms with E-state index in [0.717, 1.165) is 31.9 Å². The molecular weight excluding hydrogens is 440 g/mol. The molecule has 0 aliphatic carbocycles. The number of rotatable bonds is 11. The van der Waals surface area contributed by atoms with Crippen LogP contribution in [0.15, 0.2) is 97.3 Å². The summed E-state index contributed by atoms with van der Waals surface area (Å²) in [4.78, 5) is 10.8. The number of H-pyrrole nitrogens is 1. The van der Waals surface area contributed by atoms with Gasteiger partial charge in [0.2, 0.25) is 0 Å². The van der Waals surface area contributed by atoms with Crippen LogP contribution in [0.2, 0.25) is 0 Å². The maximum Gasteiger partial charge on any atom is 0.140 e. The molecule has 0 aliphatic rings. The third-order valence-electron chi connectivity index (χ3n) is 7.11. The Kier molecular flexibility index (Phi) is 7.63. The fraction of sp³-hybridized carbons (Fsp3) is 0.281. The van der Waals surface area contributed by atoms with Crippen LogP contribution in [0.25, 0.3) is 22.3 Å². The van der Waals surface area contributed by atoms with E-state index in [1.165, 1.54) is 46.1 Å². The number of unbranched alkanes of at least 4 members (excludes halogenated alkanes) is 2. The number of benzene rings is 3. The number of aromatic nitrogens is 3. The van der Waals surface area contributed by atoms with Gasteiger partial charge in [-0.15, -0.1) is 0 Å². The molecule has 3 aromatic carbocycles. The van der Waals surface area contributed by atoms with E-state index in [1.807, 2.05) is 6.20 Å². The van der Waals surface area contributed by atoms with Crippen LogP contribution in [0.3, 0.4) is 0 Å². The summed E-state index contributed by atoms with van der Waals surface area (Å²) < 4.78 is 2.46. The van der Waals surface area contributed by atoms with Crippen molar-refractivity contribution in [2.24, 2.45) is 0 Å². The molecule has 1 N–H and O–H groups in total. The molecular formula is C32H36N4. The minimum Gasteiger partial charge on any atom is -0.361 e. The molecule has 0 spiro atoms. The van der Waals surface area contributed by atoms with Crippen molar-refractivity contribution in [2.75, 3.05) is 0 Å². The van der Waals surface area contributed by atoms with Crippen LogP contribution in [0.1, 0.15) is 56.0 Å². The Hall–Kier alpha value is -3.63. The first-order valence-corrected chi connectivity index (χ1v) is 13.2. The van der Waals surface area contributed by atoms with Crippen LogP contribution in [-0.4, -0.2) is 19.4 Å². The number of hydrogen-bond donors (Lipinski definition) is 1. The molecule has 0 aliphatic heterocycles. The highest BCUT2D eigenvalue weighted by molar-refractivity contribution is 5.79. The van der Waals surface area contributed by atoms with Crippen LogP contribution >= 0.6 is 0 Å². The maximum atomic E-state index is 4.95. The summed E-state index contributed by atoms with van der Waals surface area (Å²) in [6.07, 6.45) is 7.72. The summed E-state index contributed by atoms with van der Waals surface area (Å²) in [6.45, 7) is 7.34. The lowest BCUT2D eigenvalue weighted by atomic mass is 10.1. The zero-order chi connectivity index (χ0) is 24.7. The topological polar surface area (TPSA) is 36.9 Å². The van der Waals surface area contributed by atoms with Gasteiger partial charge >= 0.3 is 0 Å². The van der Waals surface area contributed by atoms with E-state index < -0.39 is 0 Å². The second-order valence-electron chi connectivity index (χ2n) is 9.70. The standard InChI is InChI=1S/C32H36N4/c1-3-4-11-20-36-31(22-34-32(36)28-14-9-6-10-15-28)25(2)35(23-26-12-7-5-8-13-26)24-27-16-17-30-29(21-27)18-19-33-30/h5-10,12-19,21-22,25,33H,3-4,11,20,23-24H2,1-2H3. The summed E-state index contributed by atoms with van der Waals surface area (Å²) in [5.74, 6) is 1.07. The molecule has 2 heterocycles. The van der Waals surface area contributed by atoms with Crippen molar-refractivity contribution in [3.8, 4) is 11.4 Å². The van der Waals surface area contributed by atoms with Crippen molar-refractivity contribution >= 4 is 10.9 Å². The van der Waals surface area contributed by atoms with Crippen LogP contribution in [0.5, 0.6) is 0 Å². The van der Waals surface area contributed by atoms with Crippen LogP contribution in [-0.2, 0) is 19.6 Å². The molecule has 36 heavy (non-hydrogen) atoms. The zero-order valence-electron chi connectivity index (χ0n) is 21.4. The molecule has 0 saturated heterocycles. The lowest BCUT2D eigenvalue weighted by Gasteiger charge is -2.30. The van der Waals surface area contributed by atoms with Crippen LogP contribution in [0, 0.1) is 0 Å². The van der Waals surface area contributed by atoms with Gasteiger partial charge in [0.25, 0.3) is 0 Å². The summed E-state index contributed by atoms with van der Waals surface area (Å²) in [5.41, 5.74) is 6.30. The average molecular weight is 477 g/mol. The lowest BCUT2D eigenvalue weighted by molar-refractivity contribution is 0.185. The normalized spacial score (nSPS) is 12.4. The molecule has 0 fully saturated rings. The molecule has 2 aromatic heterocycles. The molecule has 0 amide bonds. The van der Waals surface area contributed by atoms with Crippen molar-refractivity contribution in [1.29, 1.82) is 0 Å². The first-order valence-electron chi connectivity index (χ1n) is 13.2. The Morgan fingerprint density at radius 3 is 2.39 bits per heavy atom. The number of fused-ring (bicyclic) bond motifs is 1. The second kappa shape index (κ2) is 11.4. The van der Waals surface area contributed by atoms with Crippen molar-refractivity contribution in [2.45, 2.75) is 58.8 Å². The number of nitrogens with zero attached hydrogens (tertiary/aromatic N) is 3. The third kappa shape index (κ3) is 5.44. The van der Waals surface area contributed by atoms with Crippen molar-refractivity contribution in [1.82, 2.24) is 19.4 Å². The van der Waals surface area contributed by atoms with Gasteiger partial charge in [0.15, 0.2) is 0 Å². The number of hydrogen-bond acceptors (Lipinski definition) is 2. The van der Waals surface area contributed by atoms with Crippen molar-refractivity contribution < 1.29 is 0 Å². The Balaban J connectivity index is 1.49. The van der Waals surface area contributed by atoms with Crippen molar-refractivity contribution in [3.63, 3.8) is 0 Å². The van der Waals surface area contributed by atoms with E-state index >= 15 is 0 Å². The highest BCUT2D eigenvalue weighted by Gasteiger charge is 2.23. The molecule has 0 saturated carbocycles. The molecule has 5 aromatic rings. The maximum absolute atomic E-state index is 4.95. The monoisotopic (exact) mass is 476 g/mol. The van der Waals surface area contributed by atoms with E-state index in [0.29, 0.717) is 0 Å². The van der Waals surface area contributed by atoms with Gasteiger partial charge in [-0.3, -0.25) is 4.90 Å². The van der Waals surface area contributed by atoms with Gasteiger partial charge in [-0.05, 0) is 48.1 Å². The predicted octanol–water partition coefficient (Wildman–Crippen LogP) is 7.99. The quantitative estimate of drug-likeness (QED) is 0.196. The summed E-state index contributed by atoms with van der Waals surface area (Å²) in [6, 6.07) is 30.5. The van der Waals surface area contributed by atoms with Crippen LogP contribution < -0.4 is 0 Å². The highest BCUT2D eigenvalue weighted by Crippen LogP contribution is 2.30. The van der Waals surface area contributed by atoms with Gasteiger partial charge in [-0.25, -0.2) is 4.98 Å². The Labute approximate surface area is 214 Å². The number of nitrogens with one attached hydrogen (secondary N) is 1. The molecule has 1 atom stereocenters. The SMILES string of the molecule is CCCCCn1c(C(C)N(Cc2ccccc2)Cc2ccc3[nH]ccc3c2)cnc1-c1ccccc1. The van der Waals surface area contributed by atoms with E-state index in [9.17, 15) is 0 Å². The lowest BCUT2D eigenvalue weighted by Crippen LogP contribution is -2.28. The molecule has 0 radical (unpaired) electrons. The fourth-order valence-corrected chi connectivity index (χ4v) is 5.07. The number of aromatic amines is 1. The van der Waals surface area contributed by atoms with E-state index in [2.05, 4.69) is 119 Å². The number of imidazole rings is 1. The summed E-state index contributed by atoms with van der Waals surface area (Å²) >= 11 is 0. The van der Waals surface area contributed by atoms with E-state index in [4.69, 9.17) is 4.98 Å². The first kappa shape index (κ1) is 24.1. The summed E-state index contributed by atoms with van der Waals surface area (Å²) in [7, 11) is 0.